The Morgan fingerprint density at radius 1 is 0.290 bits per heavy atom. The number of ether oxygens (including phenoxy) is 3. The van der Waals surface area contributed by atoms with Gasteiger partial charge in [-0.2, -0.15) is 0 Å². The number of carbonyl (C=O) groups excluding carboxylic acids is 3. The average molecular weight is 960 g/mol. The van der Waals surface area contributed by atoms with Gasteiger partial charge in [0.1, 0.15) is 13.2 Å². The summed E-state index contributed by atoms with van der Waals surface area (Å²) < 4.78 is 16.8. The van der Waals surface area contributed by atoms with Crippen LogP contribution in [0.4, 0.5) is 0 Å². The van der Waals surface area contributed by atoms with Gasteiger partial charge < -0.3 is 14.2 Å². The van der Waals surface area contributed by atoms with Crippen molar-refractivity contribution >= 4 is 17.9 Å². The van der Waals surface area contributed by atoms with E-state index < -0.39 is 6.10 Å². The van der Waals surface area contributed by atoms with Crippen LogP contribution in [0.25, 0.3) is 0 Å². The molecule has 0 saturated heterocycles. The van der Waals surface area contributed by atoms with Gasteiger partial charge in [0.05, 0.1) is 0 Å². The first-order valence-corrected chi connectivity index (χ1v) is 28.8. The molecule has 0 amide bonds. The summed E-state index contributed by atoms with van der Waals surface area (Å²) in [5, 5.41) is 0. The summed E-state index contributed by atoms with van der Waals surface area (Å²) in [6.07, 6.45) is 75.3. The smallest absolute Gasteiger partial charge is 0.306 e. The third kappa shape index (κ3) is 55.1. The molecule has 0 radical (unpaired) electrons. The highest BCUT2D eigenvalue weighted by molar-refractivity contribution is 5.71. The molecule has 0 aliphatic carbocycles. The molecule has 0 aliphatic rings. The molecule has 0 bridgehead atoms. The molecule has 6 heteroatoms. The zero-order valence-electron chi connectivity index (χ0n) is 45.0. The number of rotatable bonds is 51. The van der Waals surface area contributed by atoms with Crippen LogP contribution in [0.3, 0.4) is 0 Å². The lowest BCUT2D eigenvalue weighted by Gasteiger charge is -2.18. The molecule has 394 valence electrons. The first kappa shape index (κ1) is 65.3. The average Bonchev–Trinajstić information content (AvgIpc) is 3.35. The molecular weight excluding hydrogens is 853 g/mol. The molecule has 6 nitrogen and oxygen atoms in total. The lowest BCUT2D eigenvalue weighted by atomic mass is 10.1. The van der Waals surface area contributed by atoms with Crippen LogP contribution in [0, 0.1) is 0 Å². The van der Waals surface area contributed by atoms with Gasteiger partial charge in [0.2, 0.25) is 0 Å². The highest BCUT2D eigenvalue weighted by Gasteiger charge is 2.19. The second-order valence-corrected chi connectivity index (χ2v) is 19.0. The first-order valence-electron chi connectivity index (χ1n) is 28.8. The fraction of sp³-hybridized carbons (Fsp3) is 0.698. The Balaban J connectivity index is 4.46. The van der Waals surface area contributed by atoms with E-state index in [0.717, 1.165) is 96.3 Å². The predicted molar refractivity (Wildman–Crippen MR) is 297 cm³/mol. The van der Waals surface area contributed by atoms with Crippen LogP contribution >= 0.6 is 0 Å². The molecule has 0 fully saturated rings. The molecule has 0 aromatic carbocycles. The Hall–Kier alpha value is -3.67. The van der Waals surface area contributed by atoms with Gasteiger partial charge in [-0.1, -0.05) is 253 Å². The van der Waals surface area contributed by atoms with E-state index in [1.165, 1.54) is 128 Å². The molecule has 69 heavy (non-hydrogen) atoms. The van der Waals surface area contributed by atoms with Crippen LogP contribution in [-0.2, 0) is 28.6 Å². The summed E-state index contributed by atoms with van der Waals surface area (Å²) in [6, 6.07) is 0. The van der Waals surface area contributed by atoms with Gasteiger partial charge in [-0.15, -0.1) is 0 Å². The highest BCUT2D eigenvalue weighted by atomic mass is 16.6. The molecule has 1 unspecified atom stereocenters. The van der Waals surface area contributed by atoms with E-state index in [1.807, 2.05) is 24.3 Å². The van der Waals surface area contributed by atoms with Crippen LogP contribution in [0.5, 0.6) is 0 Å². The number of esters is 3. The SMILES string of the molecule is CCC\C=C/C=C\C=C/C=C\C=C/CCCCCCCC(=O)OC(COC(=O)CCCCC/C=C\CCCCCCCCC)COC(=O)CCCCCCCCCCCC/C=C\C=C/CCCCC. The minimum absolute atomic E-state index is 0.0950. The molecular formula is C63H106O6. The number of unbranched alkanes of at least 4 members (excludes halogenated alkanes) is 29. The van der Waals surface area contributed by atoms with Crippen molar-refractivity contribution in [1.29, 1.82) is 0 Å². The number of carbonyl (C=O) groups is 3. The molecule has 0 N–H and O–H groups in total. The van der Waals surface area contributed by atoms with E-state index in [9.17, 15) is 14.4 Å². The lowest BCUT2D eigenvalue weighted by molar-refractivity contribution is -0.167. The Labute approximate surface area is 426 Å². The van der Waals surface area contributed by atoms with Crippen molar-refractivity contribution in [3.63, 3.8) is 0 Å². The summed E-state index contributed by atoms with van der Waals surface area (Å²) >= 11 is 0. The van der Waals surface area contributed by atoms with Crippen molar-refractivity contribution in [3.05, 3.63) is 97.2 Å². The summed E-state index contributed by atoms with van der Waals surface area (Å²) in [7, 11) is 0. The molecule has 0 aromatic heterocycles. The van der Waals surface area contributed by atoms with Gasteiger partial charge in [-0.3, -0.25) is 14.4 Å². The van der Waals surface area contributed by atoms with Crippen molar-refractivity contribution in [1.82, 2.24) is 0 Å². The maximum absolute atomic E-state index is 12.9. The second-order valence-electron chi connectivity index (χ2n) is 19.0. The Bertz CT molecular complexity index is 1380. The largest absolute Gasteiger partial charge is 0.462 e. The minimum Gasteiger partial charge on any atom is -0.462 e. The van der Waals surface area contributed by atoms with Crippen molar-refractivity contribution in [2.75, 3.05) is 13.2 Å². The fourth-order valence-corrected chi connectivity index (χ4v) is 7.81. The highest BCUT2D eigenvalue weighted by Crippen LogP contribution is 2.15. The maximum atomic E-state index is 12.9. The summed E-state index contributed by atoms with van der Waals surface area (Å²) in [5.41, 5.74) is 0. The Morgan fingerprint density at radius 2 is 0.565 bits per heavy atom. The van der Waals surface area contributed by atoms with Crippen LogP contribution in [-0.4, -0.2) is 37.2 Å². The van der Waals surface area contributed by atoms with E-state index in [2.05, 4.69) is 93.7 Å². The standard InChI is InChI=1S/C63H106O6/c1-4-7-10-13-16-19-22-25-28-30-32-34-35-38-41-44-47-50-53-56-62(65)68-59-60(58-67-61(64)55-52-49-46-43-40-37-27-24-21-18-15-12-9-6-3)69-63(66)57-54-51-48-45-42-39-36-33-31-29-26-23-20-17-14-11-8-5-2/h11,14,16-17,19-20,22-23,25-26,29,31,33,36-37,40,60H,4-10,12-13,15,18,21,24,27-28,30,32,34-35,38-39,41-59H2,1-3H3/b14-11-,19-16-,20-17-,25-22-,26-23-,31-29-,36-33-,40-37-. The Morgan fingerprint density at radius 3 is 0.971 bits per heavy atom. The lowest BCUT2D eigenvalue weighted by Crippen LogP contribution is -2.30. The quantitative estimate of drug-likeness (QED) is 0.0199. The van der Waals surface area contributed by atoms with Crippen molar-refractivity contribution in [2.45, 2.75) is 271 Å². The van der Waals surface area contributed by atoms with Gasteiger partial charge in [0.15, 0.2) is 6.10 Å². The van der Waals surface area contributed by atoms with Crippen LogP contribution in [0.2, 0.25) is 0 Å². The summed E-state index contributed by atoms with van der Waals surface area (Å²) in [6.45, 7) is 6.49. The van der Waals surface area contributed by atoms with E-state index in [0.29, 0.717) is 19.3 Å². The monoisotopic (exact) mass is 959 g/mol. The number of hydrogen-bond donors (Lipinski definition) is 0. The van der Waals surface area contributed by atoms with E-state index in [4.69, 9.17) is 14.2 Å². The molecule has 0 saturated carbocycles. The predicted octanol–water partition coefficient (Wildman–Crippen LogP) is 19.3. The maximum Gasteiger partial charge on any atom is 0.306 e. The van der Waals surface area contributed by atoms with Gasteiger partial charge in [-0.25, -0.2) is 0 Å². The normalized spacial score (nSPS) is 12.8. The van der Waals surface area contributed by atoms with Gasteiger partial charge in [0.25, 0.3) is 0 Å². The summed E-state index contributed by atoms with van der Waals surface area (Å²) in [4.78, 5) is 38.2. The van der Waals surface area contributed by atoms with Crippen LogP contribution < -0.4 is 0 Å². The molecule has 0 aromatic rings. The zero-order chi connectivity index (χ0) is 50.0. The third-order valence-corrected chi connectivity index (χ3v) is 12.2. The number of allylic oxidation sites excluding steroid dienone is 16. The van der Waals surface area contributed by atoms with E-state index in [-0.39, 0.29) is 31.1 Å². The van der Waals surface area contributed by atoms with Crippen molar-refractivity contribution in [2.24, 2.45) is 0 Å². The van der Waals surface area contributed by atoms with Crippen molar-refractivity contribution in [3.8, 4) is 0 Å². The van der Waals surface area contributed by atoms with E-state index in [1.54, 1.807) is 0 Å². The first-order chi connectivity index (χ1) is 34.0. The Kier molecular flexibility index (Phi) is 53.9. The molecule has 1 atom stereocenters. The molecule has 0 heterocycles. The van der Waals surface area contributed by atoms with Crippen LogP contribution in [0.15, 0.2) is 97.2 Å². The third-order valence-electron chi connectivity index (χ3n) is 12.2. The molecule has 0 rings (SSSR count). The summed E-state index contributed by atoms with van der Waals surface area (Å²) in [5.74, 6) is -0.936. The number of hydrogen-bond acceptors (Lipinski definition) is 6. The van der Waals surface area contributed by atoms with Gasteiger partial charge >= 0.3 is 17.9 Å². The minimum atomic E-state index is -0.800. The van der Waals surface area contributed by atoms with Crippen molar-refractivity contribution < 1.29 is 28.6 Å². The van der Waals surface area contributed by atoms with E-state index >= 15 is 0 Å². The van der Waals surface area contributed by atoms with Gasteiger partial charge in [-0.05, 0) is 89.9 Å². The zero-order valence-corrected chi connectivity index (χ0v) is 45.0. The molecule has 0 spiro atoms. The topological polar surface area (TPSA) is 78.9 Å². The molecule has 0 aliphatic heterocycles. The van der Waals surface area contributed by atoms with Crippen LogP contribution in [0.1, 0.15) is 265 Å². The fourth-order valence-electron chi connectivity index (χ4n) is 7.81. The van der Waals surface area contributed by atoms with Gasteiger partial charge in [0, 0.05) is 19.3 Å². The second kappa shape index (κ2) is 56.9.